The molecule has 2 aromatic heterocycles. The first-order valence-electron chi connectivity index (χ1n) is 9.31. The molecule has 1 amide bonds. The van der Waals surface area contributed by atoms with E-state index in [2.05, 4.69) is 15.4 Å². The van der Waals surface area contributed by atoms with E-state index in [9.17, 15) is 24.6 Å². The van der Waals surface area contributed by atoms with E-state index in [4.69, 9.17) is 4.74 Å². The molecule has 0 unspecified atom stereocenters. The van der Waals surface area contributed by atoms with Gasteiger partial charge in [0.15, 0.2) is 0 Å². The largest absolute Gasteiger partial charge is 0.388 e. The predicted octanol–water partition coefficient (Wildman–Crippen LogP) is -1.46. The molecule has 0 bridgehead atoms. The Morgan fingerprint density at radius 2 is 2.10 bits per heavy atom. The number of aryl methyl sites for hydroxylation is 1. The number of aliphatic hydroxyl groups is 2. The van der Waals surface area contributed by atoms with Crippen LogP contribution in [-0.2, 0) is 11.3 Å². The Labute approximate surface area is 165 Å². The van der Waals surface area contributed by atoms with Crippen LogP contribution in [0.3, 0.4) is 0 Å². The fourth-order valence-electron chi connectivity index (χ4n) is 3.11. The highest BCUT2D eigenvalue weighted by molar-refractivity contribution is 5.92. The highest BCUT2D eigenvalue weighted by Gasteiger charge is 2.39. The molecule has 4 atom stereocenters. The van der Waals surface area contributed by atoms with Gasteiger partial charge in [0.2, 0.25) is 0 Å². The normalized spacial score (nSPS) is 24.6. The minimum atomic E-state index is -1.35. The van der Waals surface area contributed by atoms with Crippen molar-refractivity contribution in [1.29, 1.82) is 0 Å². The molecule has 0 aliphatic carbocycles. The van der Waals surface area contributed by atoms with Crippen LogP contribution in [0.2, 0.25) is 0 Å². The van der Waals surface area contributed by atoms with Crippen LogP contribution in [0.15, 0.2) is 28.0 Å². The van der Waals surface area contributed by atoms with Crippen LogP contribution in [0.25, 0.3) is 0 Å². The summed E-state index contributed by atoms with van der Waals surface area (Å²) in [5.41, 5.74) is -0.597. The lowest BCUT2D eigenvalue weighted by Gasteiger charge is -2.38. The molecule has 0 spiro atoms. The number of ether oxygens (including phenoxy) is 1. The topological polar surface area (TPSA) is 151 Å². The number of carbonyl (C=O) groups is 1. The van der Waals surface area contributed by atoms with E-state index >= 15 is 0 Å². The minimum Gasteiger partial charge on any atom is -0.388 e. The standard InChI is InChI=1S/C18H25N5O6/c1-9(2)23-5-4-11(21-23)17(27)19-12-8-29-13(15(25)14(12)24)7-22-6-10(3)16(26)20-18(22)28/h4-6,9,12-15,24-25H,7-8H2,1-3H3,(H,19,27)(H,20,26,28)/t12-,13-,14+,15-/m1/s1. The zero-order chi connectivity index (χ0) is 21.3. The Kier molecular flexibility index (Phi) is 6.01. The Bertz CT molecular complexity index is 993. The number of hydrogen-bond donors (Lipinski definition) is 4. The maximum absolute atomic E-state index is 12.4. The molecule has 1 aliphatic heterocycles. The second-order valence-corrected chi connectivity index (χ2v) is 7.43. The van der Waals surface area contributed by atoms with Gasteiger partial charge in [-0.25, -0.2) is 4.79 Å². The van der Waals surface area contributed by atoms with Crippen LogP contribution < -0.4 is 16.6 Å². The summed E-state index contributed by atoms with van der Waals surface area (Å²) >= 11 is 0. The highest BCUT2D eigenvalue weighted by atomic mass is 16.5. The van der Waals surface area contributed by atoms with Gasteiger partial charge in [0, 0.05) is 24.0 Å². The van der Waals surface area contributed by atoms with Gasteiger partial charge in [0.05, 0.1) is 19.2 Å². The lowest BCUT2D eigenvalue weighted by Crippen LogP contribution is -2.60. The summed E-state index contributed by atoms with van der Waals surface area (Å²) in [7, 11) is 0. The van der Waals surface area contributed by atoms with Crippen molar-refractivity contribution in [3.63, 3.8) is 0 Å². The number of nitrogens with zero attached hydrogens (tertiary/aromatic N) is 3. The molecule has 2 aromatic rings. The van der Waals surface area contributed by atoms with E-state index in [0.717, 1.165) is 0 Å². The maximum atomic E-state index is 12.4. The second-order valence-electron chi connectivity index (χ2n) is 7.43. The Hall–Kier alpha value is -2.76. The van der Waals surface area contributed by atoms with Gasteiger partial charge in [-0.15, -0.1) is 0 Å². The van der Waals surface area contributed by atoms with E-state index < -0.39 is 41.5 Å². The van der Waals surface area contributed by atoms with Gasteiger partial charge in [-0.05, 0) is 26.8 Å². The van der Waals surface area contributed by atoms with E-state index in [1.165, 1.54) is 10.8 Å². The quantitative estimate of drug-likeness (QED) is 0.473. The Balaban J connectivity index is 1.65. The van der Waals surface area contributed by atoms with E-state index in [-0.39, 0.29) is 24.9 Å². The molecule has 158 valence electrons. The number of nitrogens with one attached hydrogen (secondary N) is 2. The van der Waals surface area contributed by atoms with Crippen LogP contribution in [0.4, 0.5) is 0 Å². The summed E-state index contributed by atoms with van der Waals surface area (Å²) in [5, 5.41) is 27.6. The maximum Gasteiger partial charge on any atom is 0.328 e. The molecule has 1 fully saturated rings. The fraction of sp³-hybridized carbons (Fsp3) is 0.556. The smallest absolute Gasteiger partial charge is 0.328 e. The second kappa shape index (κ2) is 8.31. The minimum absolute atomic E-state index is 0.0589. The van der Waals surface area contributed by atoms with Crippen molar-refractivity contribution in [3.8, 4) is 0 Å². The van der Waals surface area contributed by atoms with Crippen molar-refractivity contribution in [2.24, 2.45) is 0 Å². The third-order valence-corrected chi connectivity index (χ3v) is 4.89. The number of amides is 1. The summed E-state index contributed by atoms with van der Waals surface area (Å²) in [6.07, 6.45) is -0.489. The van der Waals surface area contributed by atoms with Crippen molar-refractivity contribution in [2.45, 2.75) is 57.7 Å². The predicted molar refractivity (Wildman–Crippen MR) is 102 cm³/mol. The van der Waals surface area contributed by atoms with Crippen LogP contribution in [-0.4, -0.2) is 66.4 Å². The lowest BCUT2D eigenvalue weighted by molar-refractivity contribution is -0.152. The number of aromatic nitrogens is 4. The number of carbonyl (C=O) groups excluding carboxylic acids is 1. The van der Waals surface area contributed by atoms with Crippen LogP contribution in [0, 0.1) is 6.92 Å². The van der Waals surface area contributed by atoms with E-state index in [0.29, 0.717) is 5.56 Å². The summed E-state index contributed by atoms with van der Waals surface area (Å²) in [4.78, 5) is 37.9. The number of aliphatic hydroxyl groups excluding tert-OH is 2. The molecule has 0 aromatic carbocycles. The van der Waals surface area contributed by atoms with Gasteiger partial charge < -0.3 is 20.3 Å². The molecule has 11 heteroatoms. The number of H-pyrrole nitrogens is 1. The zero-order valence-electron chi connectivity index (χ0n) is 16.4. The third kappa shape index (κ3) is 4.47. The van der Waals surface area contributed by atoms with Crippen molar-refractivity contribution < 1.29 is 19.7 Å². The van der Waals surface area contributed by atoms with Crippen molar-refractivity contribution in [2.75, 3.05) is 6.61 Å². The Morgan fingerprint density at radius 3 is 2.76 bits per heavy atom. The van der Waals surface area contributed by atoms with Crippen molar-refractivity contribution in [3.05, 3.63) is 50.6 Å². The summed E-state index contributed by atoms with van der Waals surface area (Å²) < 4.78 is 8.42. The summed E-state index contributed by atoms with van der Waals surface area (Å²) in [6.45, 7) is 5.29. The van der Waals surface area contributed by atoms with E-state index in [1.54, 1.807) is 23.9 Å². The van der Waals surface area contributed by atoms with Crippen molar-refractivity contribution >= 4 is 5.91 Å². The van der Waals surface area contributed by atoms with Crippen LogP contribution in [0.1, 0.15) is 35.9 Å². The SMILES string of the molecule is Cc1cn(C[C@H]2OC[C@@H](NC(=O)c3ccn(C(C)C)n3)[C@H](O)[C@@H]2O)c(=O)[nH]c1=O. The molecule has 3 rings (SSSR count). The van der Waals surface area contributed by atoms with Gasteiger partial charge in [-0.1, -0.05) is 0 Å². The zero-order valence-corrected chi connectivity index (χ0v) is 16.4. The molecule has 0 radical (unpaired) electrons. The molecule has 29 heavy (non-hydrogen) atoms. The molecule has 1 saturated heterocycles. The first-order chi connectivity index (χ1) is 13.7. The molecule has 11 nitrogen and oxygen atoms in total. The van der Waals surface area contributed by atoms with Crippen molar-refractivity contribution in [1.82, 2.24) is 24.6 Å². The van der Waals surface area contributed by atoms with Gasteiger partial charge >= 0.3 is 5.69 Å². The molecular weight excluding hydrogens is 382 g/mol. The summed E-state index contributed by atoms with van der Waals surface area (Å²) in [6, 6.07) is 0.824. The molecule has 4 N–H and O–H groups in total. The lowest BCUT2D eigenvalue weighted by atomic mass is 9.97. The molecule has 0 saturated carbocycles. The monoisotopic (exact) mass is 407 g/mol. The van der Waals surface area contributed by atoms with Gasteiger partial charge in [0.25, 0.3) is 11.5 Å². The summed E-state index contributed by atoms with van der Waals surface area (Å²) in [5.74, 6) is -0.491. The molecule has 1 aliphatic rings. The van der Waals surface area contributed by atoms with Crippen LogP contribution in [0.5, 0.6) is 0 Å². The average molecular weight is 407 g/mol. The first-order valence-corrected chi connectivity index (χ1v) is 9.31. The number of rotatable bonds is 5. The first kappa shape index (κ1) is 21.0. The average Bonchev–Trinajstić information content (AvgIpc) is 3.16. The van der Waals surface area contributed by atoms with E-state index in [1.807, 2.05) is 13.8 Å². The van der Waals surface area contributed by atoms with Crippen LogP contribution >= 0.6 is 0 Å². The fourth-order valence-corrected chi connectivity index (χ4v) is 3.11. The number of hydrogen-bond acceptors (Lipinski definition) is 7. The Morgan fingerprint density at radius 1 is 1.38 bits per heavy atom. The molecular formula is C18H25N5O6. The highest BCUT2D eigenvalue weighted by Crippen LogP contribution is 2.17. The number of aromatic amines is 1. The van der Waals surface area contributed by atoms with Gasteiger partial charge in [-0.2, -0.15) is 5.10 Å². The van der Waals surface area contributed by atoms with Gasteiger partial charge in [-0.3, -0.25) is 23.8 Å². The third-order valence-electron chi connectivity index (χ3n) is 4.89. The van der Waals surface area contributed by atoms with Gasteiger partial charge in [0.1, 0.15) is 24.0 Å². The molecule has 3 heterocycles.